The van der Waals surface area contributed by atoms with Crippen molar-refractivity contribution in [2.45, 2.75) is 25.2 Å². The zero-order chi connectivity index (χ0) is 16.2. The second kappa shape index (κ2) is 7.41. The quantitative estimate of drug-likeness (QED) is 0.745. The molecule has 0 spiro atoms. The standard InChI is InChI=1S/C14H18ClN3O2S2/c1-3-16-8-7-11-9-21-14(17-11)18-22(19,20)13-6-4-5-12(15)10(13)2/h4-6,9,16H,3,7-8H2,1-2H3,(H,17,18). The molecule has 0 aliphatic rings. The van der Waals surface area contributed by atoms with Crippen LogP contribution in [-0.4, -0.2) is 26.5 Å². The molecule has 120 valence electrons. The highest BCUT2D eigenvalue weighted by atomic mass is 35.5. The topological polar surface area (TPSA) is 71.1 Å². The van der Waals surface area contributed by atoms with E-state index < -0.39 is 10.0 Å². The van der Waals surface area contributed by atoms with Gasteiger partial charge in [0, 0.05) is 23.4 Å². The number of aromatic nitrogens is 1. The molecule has 0 aliphatic heterocycles. The first kappa shape index (κ1) is 17.2. The van der Waals surface area contributed by atoms with Gasteiger partial charge in [0.15, 0.2) is 5.13 Å². The Kier molecular flexibility index (Phi) is 5.80. The normalized spacial score (nSPS) is 11.6. The highest BCUT2D eigenvalue weighted by molar-refractivity contribution is 7.93. The molecule has 2 rings (SSSR count). The highest BCUT2D eigenvalue weighted by Gasteiger charge is 2.19. The summed E-state index contributed by atoms with van der Waals surface area (Å²) in [5.74, 6) is 0. The molecule has 0 fully saturated rings. The Labute approximate surface area is 139 Å². The SMILES string of the molecule is CCNCCc1csc(NS(=O)(=O)c2cccc(Cl)c2C)n1. The molecule has 5 nitrogen and oxygen atoms in total. The Morgan fingerprint density at radius 3 is 2.86 bits per heavy atom. The molecule has 22 heavy (non-hydrogen) atoms. The second-order valence-corrected chi connectivity index (χ2v) is 7.63. The van der Waals surface area contributed by atoms with Crippen LogP contribution in [0.5, 0.6) is 0 Å². The summed E-state index contributed by atoms with van der Waals surface area (Å²) in [5, 5.41) is 5.86. The third-order valence-corrected chi connectivity index (χ3v) is 5.92. The number of benzene rings is 1. The van der Waals surface area contributed by atoms with Gasteiger partial charge in [0.05, 0.1) is 10.6 Å². The van der Waals surface area contributed by atoms with E-state index in [9.17, 15) is 8.42 Å². The summed E-state index contributed by atoms with van der Waals surface area (Å²) in [5.41, 5.74) is 1.40. The first-order chi connectivity index (χ1) is 10.4. The van der Waals surface area contributed by atoms with E-state index in [0.29, 0.717) is 15.7 Å². The molecule has 1 heterocycles. The Balaban J connectivity index is 2.14. The Morgan fingerprint density at radius 1 is 1.36 bits per heavy atom. The van der Waals surface area contributed by atoms with Gasteiger partial charge in [-0.3, -0.25) is 4.72 Å². The number of sulfonamides is 1. The zero-order valence-corrected chi connectivity index (χ0v) is 14.8. The predicted octanol–water partition coefficient (Wildman–Crippen LogP) is 3.06. The van der Waals surface area contributed by atoms with Gasteiger partial charge in [0.1, 0.15) is 0 Å². The van der Waals surface area contributed by atoms with Crippen LogP contribution in [0.1, 0.15) is 18.2 Å². The lowest BCUT2D eigenvalue weighted by Gasteiger charge is -2.09. The number of hydrogen-bond donors (Lipinski definition) is 2. The average Bonchev–Trinajstić information content (AvgIpc) is 2.88. The van der Waals surface area contributed by atoms with E-state index in [1.165, 1.54) is 17.4 Å². The summed E-state index contributed by atoms with van der Waals surface area (Å²) in [4.78, 5) is 4.47. The van der Waals surface area contributed by atoms with Gasteiger partial charge in [-0.2, -0.15) is 0 Å². The lowest BCUT2D eigenvalue weighted by atomic mass is 10.2. The molecule has 0 saturated carbocycles. The molecule has 8 heteroatoms. The summed E-state index contributed by atoms with van der Waals surface area (Å²) >= 11 is 7.26. The van der Waals surface area contributed by atoms with Crippen molar-refractivity contribution in [3.05, 3.63) is 39.9 Å². The molecule has 0 amide bonds. The monoisotopic (exact) mass is 359 g/mol. The van der Waals surface area contributed by atoms with Crippen LogP contribution < -0.4 is 10.0 Å². The molecule has 0 aliphatic carbocycles. The molecule has 1 aromatic heterocycles. The minimum Gasteiger partial charge on any atom is -0.317 e. The Hall–Kier alpha value is -1.15. The molecule has 1 aromatic carbocycles. The van der Waals surface area contributed by atoms with Crippen LogP contribution in [0.2, 0.25) is 5.02 Å². The van der Waals surface area contributed by atoms with Crippen molar-refractivity contribution in [2.24, 2.45) is 0 Å². The number of nitrogens with one attached hydrogen (secondary N) is 2. The fourth-order valence-electron chi connectivity index (χ4n) is 1.91. The number of hydrogen-bond acceptors (Lipinski definition) is 5. The minimum atomic E-state index is -3.68. The lowest BCUT2D eigenvalue weighted by Crippen LogP contribution is -2.16. The van der Waals surface area contributed by atoms with Gasteiger partial charge in [-0.1, -0.05) is 24.6 Å². The van der Waals surface area contributed by atoms with Crippen LogP contribution in [0.15, 0.2) is 28.5 Å². The maximum atomic E-state index is 12.4. The van der Waals surface area contributed by atoms with Gasteiger partial charge < -0.3 is 5.32 Å². The van der Waals surface area contributed by atoms with Crippen molar-refractivity contribution in [3.8, 4) is 0 Å². The van der Waals surface area contributed by atoms with E-state index >= 15 is 0 Å². The number of nitrogens with zero attached hydrogens (tertiary/aromatic N) is 1. The van der Waals surface area contributed by atoms with Crippen molar-refractivity contribution in [1.82, 2.24) is 10.3 Å². The van der Waals surface area contributed by atoms with Gasteiger partial charge >= 0.3 is 0 Å². The molecule has 0 radical (unpaired) electrons. The third kappa shape index (κ3) is 4.19. The van der Waals surface area contributed by atoms with Gasteiger partial charge in [0.25, 0.3) is 10.0 Å². The zero-order valence-electron chi connectivity index (χ0n) is 12.4. The second-order valence-electron chi connectivity index (χ2n) is 4.72. The van der Waals surface area contributed by atoms with E-state index in [0.717, 1.165) is 25.2 Å². The molecular weight excluding hydrogens is 342 g/mol. The van der Waals surface area contributed by atoms with Gasteiger partial charge in [-0.15, -0.1) is 11.3 Å². The van der Waals surface area contributed by atoms with E-state index in [4.69, 9.17) is 11.6 Å². The first-order valence-electron chi connectivity index (χ1n) is 6.87. The van der Waals surface area contributed by atoms with E-state index in [-0.39, 0.29) is 4.90 Å². The fourth-order valence-corrected chi connectivity index (χ4v) is 4.41. The number of likely N-dealkylation sites (N-methyl/N-ethyl adjacent to an activating group) is 1. The number of anilines is 1. The molecule has 2 N–H and O–H groups in total. The summed E-state index contributed by atoms with van der Waals surface area (Å²) in [6.45, 7) is 5.44. The van der Waals surface area contributed by atoms with Crippen LogP contribution in [0, 0.1) is 6.92 Å². The van der Waals surface area contributed by atoms with Gasteiger partial charge in [-0.25, -0.2) is 13.4 Å². The smallest absolute Gasteiger partial charge is 0.263 e. The number of halogens is 1. The van der Waals surface area contributed by atoms with Crippen molar-refractivity contribution in [3.63, 3.8) is 0 Å². The summed E-state index contributed by atoms with van der Waals surface area (Å²) in [6, 6.07) is 4.81. The Morgan fingerprint density at radius 2 is 2.14 bits per heavy atom. The van der Waals surface area contributed by atoms with E-state index in [2.05, 4.69) is 15.0 Å². The van der Waals surface area contributed by atoms with Crippen molar-refractivity contribution < 1.29 is 8.42 Å². The first-order valence-corrected chi connectivity index (χ1v) is 9.61. The molecule has 0 saturated heterocycles. The number of rotatable bonds is 7. The maximum absolute atomic E-state index is 12.4. The summed E-state index contributed by atoms with van der Waals surface area (Å²) < 4.78 is 27.4. The van der Waals surface area contributed by atoms with Crippen molar-refractivity contribution in [1.29, 1.82) is 0 Å². The third-order valence-electron chi connectivity index (χ3n) is 3.09. The maximum Gasteiger partial charge on any atom is 0.263 e. The van der Waals surface area contributed by atoms with E-state index in [1.807, 2.05) is 12.3 Å². The minimum absolute atomic E-state index is 0.171. The lowest BCUT2D eigenvalue weighted by molar-refractivity contribution is 0.600. The van der Waals surface area contributed by atoms with Crippen LogP contribution in [0.4, 0.5) is 5.13 Å². The molecule has 2 aromatic rings. The van der Waals surface area contributed by atoms with Crippen LogP contribution in [0.3, 0.4) is 0 Å². The highest BCUT2D eigenvalue weighted by Crippen LogP contribution is 2.26. The average molecular weight is 360 g/mol. The molecular formula is C14H18ClN3O2S2. The van der Waals surface area contributed by atoms with Crippen LogP contribution >= 0.6 is 22.9 Å². The summed E-state index contributed by atoms with van der Waals surface area (Å²) in [7, 11) is -3.68. The summed E-state index contributed by atoms with van der Waals surface area (Å²) in [6.07, 6.45) is 0.766. The molecule has 0 unspecified atom stereocenters. The predicted molar refractivity (Wildman–Crippen MR) is 91.4 cm³/mol. The van der Waals surface area contributed by atoms with Crippen molar-refractivity contribution in [2.75, 3.05) is 17.8 Å². The largest absolute Gasteiger partial charge is 0.317 e. The van der Waals surface area contributed by atoms with Crippen LogP contribution in [-0.2, 0) is 16.4 Å². The van der Waals surface area contributed by atoms with Crippen molar-refractivity contribution >= 4 is 38.1 Å². The van der Waals surface area contributed by atoms with Gasteiger partial charge in [0.2, 0.25) is 0 Å². The van der Waals surface area contributed by atoms with Gasteiger partial charge in [-0.05, 0) is 31.2 Å². The fraction of sp³-hybridized carbons (Fsp3) is 0.357. The number of thiazole rings is 1. The Bertz CT molecular complexity index is 744. The van der Waals surface area contributed by atoms with E-state index in [1.54, 1.807) is 19.1 Å². The van der Waals surface area contributed by atoms with Crippen LogP contribution in [0.25, 0.3) is 0 Å². The molecule has 0 bridgehead atoms. The molecule has 0 atom stereocenters.